The van der Waals surface area contributed by atoms with Crippen LogP contribution < -0.4 is 10.6 Å². The third-order valence-corrected chi connectivity index (χ3v) is 3.52. The van der Waals surface area contributed by atoms with Gasteiger partial charge in [0.2, 0.25) is 11.8 Å². The zero-order chi connectivity index (χ0) is 14.8. The Morgan fingerprint density at radius 2 is 1.70 bits per heavy atom. The smallest absolute Gasteiger partial charge is 0.305 e. The van der Waals surface area contributed by atoms with Gasteiger partial charge in [0, 0.05) is 25.4 Å². The molecule has 0 heterocycles. The zero-order valence-electron chi connectivity index (χ0n) is 11.8. The van der Waals surface area contributed by atoms with E-state index in [1.54, 1.807) is 0 Å². The summed E-state index contributed by atoms with van der Waals surface area (Å²) in [5.74, 6) is -0.616. The highest BCUT2D eigenvalue weighted by atomic mass is 16.4. The van der Waals surface area contributed by atoms with Crippen molar-refractivity contribution >= 4 is 17.8 Å². The fourth-order valence-corrected chi connectivity index (χ4v) is 2.01. The lowest BCUT2D eigenvalue weighted by molar-refractivity contribution is -0.137. The molecule has 2 amide bonds. The molecule has 114 valence electrons. The highest BCUT2D eigenvalue weighted by molar-refractivity contribution is 5.79. The summed E-state index contributed by atoms with van der Waals surface area (Å²) < 4.78 is 0. The molecule has 20 heavy (non-hydrogen) atoms. The first-order chi connectivity index (χ1) is 9.59. The van der Waals surface area contributed by atoms with Crippen molar-refractivity contribution in [2.24, 2.45) is 5.92 Å². The number of rotatable bonds is 10. The van der Waals surface area contributed by atoms with Crippen LogP contribution in [0.3, 0.4) is 0 Å². The standard InChI is InChI=1S/C14H24N2O4/c17-12(15-10-8-13(18)19)7-2-1-3-9-16-14(20)11-5-4-6-11/h11H,1-10H2,(H,15,17)(H,16,20)(H,18,19). The van der Waals surface area contributed by atoms with Crippen LogP contribution in [0.2, 0.25) is 0 Å². The molecule has 0 atom stereocenters. The number of nitrogens with one attached hydrogen (secondary N) is 2. The largest absolute Gasteiger partial charge is 0.481 e. The van der Waals surface area contributed by atoms with E-state index in [0.717, 1.165) is 38.5 Å². The SMILES string of the molecule is O=C(O)CCNC(=O)CCCCCNC(=O)C1CCC1. The zero-order valence-corrected chi connectivity index (χ0v) is 11.8. The van der Waals surface area contributed by atoms with Gasteiger partial charge in [-0.25, -0.2) is 0 Å². The van der Waals surface area contributed by atoms with Gasteiger partial charge in [0.1, 0.15) is 0 Å². The normalized spacial score (nSPS) is 14.4. The summed E-state index contributed by atoms with van der Waals surface area (Å²) in [5, 5.41) is 13.9. The topological polar surface area (TPSA) is 95.5 Å². The molecular weight excluding hydrogens is 260 g/mol. The Hall–Kier alpha value is -1.59. The van der Waals surface area contributed by atoms with Crippen molar-refractivity contribution < 1.29 is 19.5 Å². The van der Waals surface area contributed by atoms with Crippen molar-refractivity contribution in [1.29, 1.82) is 0 Å². The van der Waals surface area contributed by atoms with Gasteiger partial charge in [-0.3, -0.25) is 14.4 Å². The quantitative estimate of drug-likeness (QED) is 0.523. The molecule has 0 spiro atoms. The van der Waals surface area contributed by atoms with Gasteiger partial charge >= 0.3 is 5.97 Å². The lowest BCUT2D eigenvalue weighted by Crippen LogP contribution is -2.34. The van der Waals surface area contributed by atoms with Crippen LogP contribution in [0, 0.1) is 5.92 Å². The van der Waals surface area contributed by atoms with Crippen molar-refractivity contribution in [2.75, 3.05) is 13.1 Å². The Morgan fingerprint density at radius 1 is 0.950 bits per heavy atom. The second-order valence-corrected chi connectivity index (χ2v) is 5.22. The van der Waals surface area contributed by atoms with E-state index >= 15 is 0 Å². The molecular formula is C14H24N2O4. The van der Waals surface area contributed by atoms with Crippen molar-refractivity contribution in [2.45, 2.75) is 51.4 Å². The molecule has 0 aliphatic heterocycles. The number of carboxylic acids is 1. The molecule has 6 nitrogen and oxygen atoms in total. The van der Waals surface area contributed by atoms with Crippen LogP contribution in [-0.4, -0.2) is 36.0 Å². The Morgan fingerprint density at radius 3 is 2.30 bits per heavy atom. The van der Waals surface area contributed by atoms with Gasteiger partial charge in [0.25, 0.3) is 0 Å². The highest BCUT2D eigenvalue weighted by Gasteiger charge is 2.24. The van der Waals surface area contributed by atoms with Gasteiger partial charge < -0.3 is 15.7 Å². The van der Waals surface area contributed by atoms with Crippen molar-refractivity contribution in [3.63, 3.8) is 0 Å². The van der Waals surface area contributed by atoms with Crippen molar-refractivity contribution in [3.8, 4) is 0 Å². The first kappa shape index (κ1) is 16.5. The van der Waals surface area contributed by atoms with E-state index in [2.05, 4.69) is 10.6 Å². The number of hydrogen-bond acceptors (Lipinski definition) is 3. The fraction of sp³-hybridized carbons (Fsp3) is 0.786. The van der Waals surface area contributed by atoms with E-state index in [0.29, 0.717) is 13.0 Å². The molecule has 1 aliphatic rings. The lowest BCUT2D eigenvalue weighted by atomic mass is 9.85. The number of carbonyl (C=O) groups is 3. The van der Waals surface area contributed by atoms with Crippen LogP contribution in [0.4, 0.5) is 0 Å². The number of carbonyl (C=O) groups excluding carboxylic acids is 2. The van der Waals surface area contributed by atoms with Crippen LogP contribution in [0.1, 0.15) is 51.4 Å². The van der Waals surface area contributed by atoms with Crippen molar-refractivity contribution in [3.05, 3.63) is 0 Å². The molecule has 1 fully saturated rings. The fourth-order valence-electron chi connectivity index (χ4n) is 2.01. The maximum atomic E-state index is 11.5. The number of amides is 2. The average molecular weight is 284 g/mol. The first-order valence-electron chi connectivity index (χ1n) is 7.36. The van der Waals surface area contributed by atoms with E-state index in [1.165, 1.54) is 0 Å². The predicted molar refractivity (Wildman–Crippen MR) is 74.1 cm³/mol. The molecule has 0 saturated heterocycles. The summed E-state index contributed by atoms with van der Waals surface area (Å²) >= 11 is 0. The van der Waals surface area contributed by atoms with Gasteiger partial charge in [-0.2, -0.15) is 0 Å². The first-order valence-corrected chi connectivity index (χ1v) is 7.36. The predicted octanol–water partition coefficient (Wildman–Crippen LogP) is 1.05. The molecule has 3 N–H and O–H groups in total. The van der Waals surface area contributed by atoms with E-state index < -0.39 is 5.97 Å². The lowest BCUT2D eigenvalue weighted by Gasteiger charge is -2.23. The number of carboxylic acid groups (broad SMARTS) is 1. The number of hydrogen-bond donors (Lipinski definition) is 3. The van der Waals surface area contributed by atoms with E-state index in [1.807, 2.05) is 0 Å². The summed E-state index contributed by atoms with van der Waals surface area (Å²) in [6, 6.07) is 0. The Labute approximate surface area is 119 Å². The number of aliphatic carboxylic acids is 1. The molecule has 0 radical (unpaired) electrons. The van der Waals surface area contributed by atoms with Gasteiger partial charge in [-0.15, -0.1) is 0 Å². The molecule has 0 bridgehead atoms. The van der Waals surface area contributed by atoms with Crippen molar-refractivity contribution in [1.82, 2.24) is 10.6 Å². The second kappa shape index (κ2) is 9.34. The van der Waals surface area contributed by atoms with Crippen LogP contribution in [0.15, 0.2) is 0 Å². The molecule has 1 saturated carbocycles. The van der Waals surface area contributed by atoms with Crippen LogP contribution in [0.5, 0.6) is 0 Å². The highest BCUT2D eigenvalue weighted by Crippen LogP contribution is 2.26. The molecule has 6 heteroatoms. The third kappa shape index (κ3) is 7.11. The summed E-state index contributed by atoms with van der Waals surface area (Å²) in [5.41, 5.74) is 0. The Balaban J connectivity index is 1.87. The van der Waals surface area contributed by atoms with Gasteiger partial charge in [0.15, 0.2) is 0 Å². The third-order valence-electron chi connectivity index (χ3n) is 3.52. The molecule has 0 unspecified atom stereocenters. The summed E-state index contributed by atoms with van der Waals surface area (Å²) in [6.07, 6.45) is 6.09. The minimum absolute atomic E-state index is 0.0427. The van der Waals surface area contributed by atoms with Crippen LogP contribution >= 0.6 is 0 Å². The summed E-state index contributed by atoms with van der Waals surface area (Å²) in [6.45, 7) is 0.863. The summed E-state index contributed by atoms with van der Waals surface area (Å²) in [4.78, 5) is 33.1. The average Bonchev–Trinajstić information content (AvgIpc) is 2.30. The minimum Gasteiger partial charge on any atom is -0.481 e. The molecule has 1 aliphatic carbocycles. The van der Waals surface area contributed by atoms with E-state index in [4.69, 9.17) is 5.11 Å². The van der Waals surface area contributed by atoms with E-state index in [9.17, 15) is 14.4 Å². The molecule has 0 aromatic carbocycles. The second-order valence-electron chi connectivity index (χ2n) is 5.22. The number of unbranched alkanes of at least 4 members (excludes halogenated alkanes) is 2. The van der Waals surface area contributed by atoms with Crippen LogP contribution in [-0.2, 0) is 14.4 Å². The van der Waals surface area contributed by atoms with Crippen LogP contribution in [0.25, 0.3) is 0 Å². The van der Waals surface area contributed by atoms with Gasteiger partial charge in [-0.1, -0.05) is 12.8 Å². The Kier molecular flexibility index (Phi) is 7.69. The Bertz CT molecular complexity index is 340. The monoisotopic (exact) mass is 284 g/mol. The maximum Gasteiger partial charge on any atom is 0.305 e. The van der Waals surface area contributed by atoms with Gasteiger partial charge in [-0.05, 0) is 25.7 Å². The van der Waals surface area contributed by atoms with Gasteiger partial charge in [0.05, 0.1) is 6.42 Å². The summed E-state index contributed by atoms with van der Waals surface area (Å²) in [7, 11) is 0. The molecule has 0 aromatic rings. The molecule has 0 aromatic heterocycles. The van der Waals surface area contributed by atoms with E-state index in [-0.39, 0.29) is 30.7 Å². The minimum atomic E-state index is -0.910. The molecule has 1 rings (SSSR count). The maximum absolute atomic E-state index is 11.5.